The van der Waals surface area contributed by atoms with E-state index in [1.165, 1.54) is 0 Å². The monoisotopic (exact) mass is 467 g/mol. The summed E-state index contributed by atoms with van der Waals surface area (Å²) in [4.78, 5) is 34.6. The standard InChI is InChI=1S/C12H8F11N3O4/c1-25-4(3-5(27)26(2)7(25)29)24-6(28)8(13,10(16,17)18)30-12(22,23)9(14,15)11(19,20)21/h3H,1-2H3,(H,24,28)/t8-/m0/s1. The van der Waals surface area contributed by atoms with Gasteiger partial charge in [-0.1, -0.05) is 0 Å². The van der Waals surface area contributed by atoms with E-state index in [9.17, 15) is 62.7 Å². The van der Waals surface area contributed by atoms with Gasteiger partial charge in [-0.15, -0.1) is 0 Å². The first-order chi connectivity index (χ1) is 13.1. The molecule has 0 fully saturated rings. The highest BCUT2D eigenvalue weighted by Gasteiger charge is 2.79. The summed E-state index contributed by atoms with van der Waals surface area (Å²) in [6.45, 7) is 0. The van der Waals surface area contributed by atoms with Crippen LogP contribution in [0.3, 0.4) is 0 Å². The molecule has 30 heavy (non-hydrogen) atoms. The maximum atomic E-state index is 14.1. The Hall–Kier alpha value is -2.66. The molecule has 0 saturated heterocycles. The number of nitrogens with one attached hydrogen (secondary N) is 1. The number of hydrogen-bond donors (Lipinski definition) is 1. The molecule has 1 aromatic heterocycles. The third-order valence-corrected chi connectivity index (χ3v) is 3.41. The van der Waals surface area contributed by atoms with Crippen LogP contribution in [0.2, 0.25) is 0 Å². The Morgan fingerprint density at radius 1 is 0.867 bits per heavy atom. The largest absolute Gasteiger partial charge is 0.462 e. The van der Waals surface area contributed by atoms with E-state index in [1.807, 2.05) is 0 Å². The normalized spacial score (nSPS) is 15.6. The molecule has 1 aromatic rings. The first-order valence-corrected chi connectivity index (χ1v) is 6.97. The van der Waals surface area contributed by atoms with E-state index in [-0.39, 0.29) is 10.6 Å². The van der Waals surface area contributed by atoms with E-state index in [0.29, 0.717) is 11.6 Å². The molecule has 0 aromatic carbocycles. The molecule has 0 aliphatic carbocycles. The molecule has 1 heterocycles. The summed E-state index contributed by atoms with van der Waals surface area (Å²) in [5.41, 5.74) is -2.64. The number of halogens is 11. The molecule has 7 nitrogen and oxygen atoms in total. The van der Waals surface area contributed by atoms with Crippen molar-refractivity contribution >= 4 is 11.7 Å². The van der Waals surface area contributed by atoms with Crippen molar-refractivity contribution < 1.29 is 57.8 Å². The average molecular weight is 467 g/mol. The van der Waals surface area contributed by atoms with Gasteiger partial charge in [-0.05, 0) is 0 Å². The number of rotatable bonds is 5. The lowest BCUT2D eigenvalue weighted by Crippen LogP contribution is -2.62. The van der Waals surface area contributed by atoms with Crippen LogP contribution < -0.4 is 16.6 Å². The molecule has 1 rings (SSSR count). The van der Waals surface area contributed by atoms with E-state index in [4.69, 9.17) is 0 Å². The Labute approximate surface area is 156 Å². The van der Waals surface area contributed by atoms with E-state index in [2.05, 4.69) is 4.74 Å². The van der Waals surface area contributed by atoms with Crippen molar-refractivity contribution in [3.8, 4) is 0 Å². The van der Waals surface area contributed by atoms with Gasteiger partial charge in [0.25, 0.3) is 5.56 Å². The van der Waals surface area contributed by atoms with Gasteiger partial charge < -0.3 is 5.32 Å². The first-order valence-electron chi connectivity index (χ1n) is 6.97. The Morgan fingerprint density at radius 3 is 1.73 bits per heavy atom. The zero-order chi connectivity index (χ0) is 24.1. The lowest BCUT2D eigenvalue weighted by molar-refractivity contribution is -0.472. The number of aromatic nitrogens is 2. The van der Waals surface area contributed by atoms with Gasteiger partial charge in [0.05, 0.1) is 0 Å². The molecular formula is C12H8F11N3O4. The molecule has 0 bridgehead atoms. The average Bonchev–Trinajstić information content (AvgIpc) is 2.54. The van der Waals surface area contributed by atoms with Crippen molar-refractivity contribution in [2.45, 2.75) is 30.2 Å². The highest BCUT2D eigenvalue weighted by molar-refractivity contribution is 5.96. The number of carbonyl (C=O) groups excluding carboxylic acids is 1. The molecule has 1 amide bonds. The number of ether oxygens (including phenoxy) is 1. The Balaban J connectivity index is 3.49. The number of amides is 1. The zero-order valence-corrected chi connectivity index (χ0v) is 14.3. The minimum absolute atomic E-state index is 0.193. The van der Waals surface area contributed by atoms with Gasteiger partial charge in [0.2, 0.25) is 0 Å². The molecule has 0 spiro atoms. The third-order valence-electron chi connectivity index (χ3n) is 3.41. The number of anilines is 1. The minimum atomic E-state index is -7.35. The second-order valence-corrected chi connectivity index (χ2v) is 5.51. The molecule has 0 aliphatic heterocycles. The van der Waals surface area contributed by atoms with Crippen LogP contribution in [0, 0.1) is 0 Å². The zero-order valence-electron chi connectivity index (χ0n) is 14.3. The van der Waals surface area contributed by atoms with Crippen molar-refractivity contribution in [1.82, 2.24) is 9.13 Å². The number of nitrogens with zero attached hydrogens (tertiary/aromatic N) is 2. The maximum absolute atomic E-state index is 14.1. The fourth-order valence-corrected chi connectivity index (χ4v) is 1.69. The number of hydrogen-bond acceptors (Lipinski definition) is 4. The number of alkyl halides is 11. The van der Waals surface area contributed by atoms with Gasteiger partial charge in [-0.2, -0.15) is 48.3 Å². The fraction of sp³-hybridized carbons (Fsp3) is 0.583. The summed E-state index contributed by atoms with van der Waals surface area (Å²) in [7, 11) is 1.55. The van der Waals surface area contributed by atoms with Gasteiger partial charge in [0.15, 0.2) is 0 Å². The molecule has 1 atom stereocenters. The molecule has 172 valence electrons. The molecule has 1 N–H and O–H groups in total. The van der Waals surface area contributed by atoms with E-state index < -0.39 is 53.2 Å². The van der Waals surface area contributed by atoms with Crippen molar-refractivity contribution in [3.63, 3.8) is 0 Å². The summed E-state index contributed by atoms with van der Waals surface area (Å²) < 4.78 is 143. The molecule has 18 heteroatoms. The maximum Gasteiger partial charge on any atom is 0.462 e. The Kier molecular flexibility index (Phi) is 6.12. The fourth-order valence-electron chi connectivity index (χ4n) is 1.69. The van der Waals surface area contributed by atoms with Gasteiger partial charge in [0, 0.05) is 20.2 Å². The van der Waals surface area contributed by atoms with Crippen molar-refractivity contribution in [2.75, 3.05) is 5.32 Å². The predicted octanol–water partition coefficient (Wildman–Crippen LogP) is 2.06. The molecule has 0 radical (unpaired) electrons. The molecule has 0 saturated carbocycles. The quantitative estimate of drug-likeness (QED) is 0.673. The second kappa shape index (κ2) is 7.24. The molecular weight excluding hydrogens is 459 g/mol. The minimum Gasteiger partial charge on any atom is -0.306 e. The first kappa shape index (κ1) is 25.4. The smallest absolute Gasteiger partial charge is 0.306 e. The van der Waals surface area contributed by atoms with Crippen LogP contribution >= 0.6 is 0 Å². The van der Waals surface area contributed by atoms with Gasteiger partial charge >= 0.3 is 41.8 Å². The third kappa shape index (κ3) is 4.12. The summed E-state index contributed by atoms with van der Waals surface area (Å²) in [5, 5.41) is 0.810. The summed E-state index contributed by atoms with van der Waals surface area (Å²) >= 11 is 0. The van der Waals surface area contributed by atoms with Crippen LogP contribution in [0.4, 0.5) is 54.1 Å². The predicted molar refractivity (Wildman–Crippen MR) is 72.5 cm³/mol. The van der Waals surface area contributed by atoms with Crippen LogP contribution in [0.15, 0.2) is 15.7 Å². The van der Waals surface area contributed by atoms with E-state index in [1.54, 1.807) is 0 Å². The second-order valence-electron chi connectivity index (χ2n) is 5.51. The van der Waals surface area contributed by atoms with Crippen molar-refractivity contribution in [1.29, 1.82) is 0 Å². The van der Waals surface area contributed by atoms with Crippen molar-refractivity contribution in [2.24, 2.45) is 14.1 Å². The van der Waals surface area contributed by atoms with Crippen LogP contribution in [-0.4, -0.2) is 45.3 Å². The van der Waals surface area contributed by atoms with E-state index >= 15 is 0 Å². The Bertz CT molecular complexity index is 947. The lowest BCUT2D eigenvalue weighted by atomic mass is 10.2. The van der Waals surface area contributed by atoms with Crippen LogP contribution in [0.5, 0.6) is 0 Å². The molecule has 0 unspecified atom stereocenters. The van der Waals surface area contributed by atoms with Gasteiger partial charge in [-0.3, -0.25) is 23.5 Å². The topological polar surface area (TPSA) is 82.3 Å². The lowest BCUT2D eigenvalue weighted by Gasteiger charge is -2.34. The summed E-state index contributed by atoms with van der Waals surface area (Å²) in [5.74, 6) is -18.5. The van der Waals surface area contributed by atoms with Gasteiger partial charge in [0.1, 0.15) is 5.82 Å². The highest BCUT2D eigenvalue weighted by Crippen LogP contribution is 2.51. The van der Waals surface area contributed by atoms with E-state index in [0.717, 1.165) is 12.4 Å². The van der Waals surface area contributed by atoms with Crippen LogP contribution in [0.25, 0.3) is 0 Å². The van der Waals surface area contributed by atoms with Crippen LogP contribution in [-0.2, 0) is 23.6 Å². The number of carbonyl (C=O) groups is 1. The summed E-state index contributed by atoms with van der Waals surface area (Å²) in [6.07, 6.45) is -21.3. The summed E-state index contributed by atoms with van der Waals surface area (Å²) in [6, 6.07) is 0.193. The van der Waals surface area contributed by atoms with Gasteiger partial charge in [-0.25, -0.2) is 4.79 Å². The highest BCUT2D eigenvalue weighted by atomic mass is 19.4. The molecule has 0 aliphatic rings. The Morgan fingerprint density at radius 2 is 1.33 bits per heavy atom. The SMILES string of the molecule is Cn1c(NC(=O)[C@](F)(OC(F)(F)C(F)(F)C(F)(F)F)C(F)(F)F)cc(=O)n(C)c1=O. The van der Waals surface area contributed by atoms with Crippen LogP contribution in [0.1, 0.15) is 0 Å². The van der Waals surface area contributed by atoms with Crippen molar-refractivity contribution in [3.05, 3.63) is 26.9 Å².